The van der Waals surface area contributed by atoms with Crippen molar-refractivity contribution >= 4 is 0 Å². The SMILES string of the molecule is CCN1CC(NC)CC(C(C)O)C1. The summed E-state index contributed by atoms with van der Waals surface area (Å²) in [6.45, 7) is 7.33. The van der Waals surface area contributed by atoms with Gasteiger partial charge in [-0.25, -0.2) is 0 Å². The number of likely N-dealkylation sites (tertiary alicyclic amines) is 1. The summed E-state index contributed by atoms with van der Waals surface area (Å²) in [4.78, 5) is 2.40. The number of hydrogen-bond donors (Lipinski definition) is 2. The number of piperidine rings is 1. The van der Waals surface area contributed by atoms with Gasteiger partial charge in [-0.1, -0.05) is 6.92 Å². The predicted octanol–water partition coefficient (Wildman–Crippen LogP) is 0.297. The molecule has 1 aliphatic rings. The number of hydrogen-bond acceptors (Lipinski definition) is 3. The molecule has 0 aromatic carbocycles. The van der Waals surface area contributed by atoms with Crippen LogP contribution in [-0.2, 0) is 0 Å². The number of rotatable bonds is 3. The van der Waals surface area contributed by atoms with Crippen molar-refractivity contribution in [3.05, 3.63) is 0 Å². The van der Waals surface area contributed by atoms with Gasteiger partial charge in [0.15, 0.2) is 0 Å². The minimum Gasteiger partial charge on any atom is -0.393 e. The molecule has 3 atom stereocenters. The number of aliphatic hydroxyl groups excluding tert-OH is 1. The van der Waals surface area contributed by atoms with Gasteiger partial charge in [0.1, 0.15) is 0 Å². The van der Waals surface area contributed by atoms with Gasteiger partial charge in [-0.3, -0.25) is 0 Å². The first-order valence-electron chi connectivity index (χ1n) is 5.25. The summed E-state index contributed by atoms with van der Waals surface area (Å²) < 4.78 is 0. The lowest BCUT2D eigenvalue weighted by atomic mass is 9.90. The highest BCUT2D eigenvalue weighted by Crippen LogP contribution is 2.19. The van der Waals surface area contributed by atoms with Crippen LogP contribution in [0.2, 0.25) is 0 Å². The fraction of sp³-hybridized carbons (Fsp3) is 1.00. The van der Waals surface area contributed by atoms with E-state index in [9.17, 15) is 5.11 Å². The molecule has 1 fully saturated rings. The summed E-state index contributed by atoms with van der Waals surface area (Å²) >= 11 is 0. The van der Waals surface area contributed by atoms with E-state index in [4.69, 9.17) is 0 Å². The zero-order valence-electron chi connectivity index (χ0n) is 8.95. The van der Waals surface area contributed by atoms with Gasteiger partial charge in [0, 0.05) is 19.1 Å². The summed E-state index contributed by atoms with van der Waals surface area (Å²) in [5.41, 5.74) is 0. The molecular formula is C10H22N2O. The van der Waals surface area contributed by atoms with Crippen molar-refractivity contribution in [1.82, 2.24) is 10.2 Å². The molecule has 0 spiro atoms. The first-order valence-corrected chi connectivity index (χ1v) is 5.25. The van der Waals surface area contributed by atoms with Crippen LogP contribution in [0.1, 0.15) is 20.3 Å². The van der Waals surface area contributed by atoms with Crippen LogP contribution >= 0.6 is 0 Å². The first kappa shape index (κ1) is 11.0. The zero-order chi connectivity index (χ0) is 9.84. The van der Waals surface area contributed by atoms with Gasteiger partial charge in [-0.05, 0) is 32.9 Å². The lowest BCUT2D eigenvalue weighted by Crippen LogP contribution is -2.50. The van der Waals surface area contributed by atoms with Crippen molar-refractivity contribution in [3.8, 4) is 0 Å². The molecule has 1 rings (SSSR count). The molecular weight excluding hydrogens is 164 g/mol. The van der Waals surface area contributed by atoms with Gasteiger partial charge in [0.2, 0.25) is 0 Å². The quantitative estimate of drug-likeness (QED) is 0.665. The highest BCUT2D eigenvalue weighted by Gasteiger charge is 2.27. The third kappa shape index (κ3) is 2.93. The van der Waals surface area contributed by atoms with Crippen LogP contribution in [0.3, 0.4) is 0 Å². The molecule has 0 aromatic rings. The molecule has 0 bridgehead atoms. The smallest absolute Gasteiger partial charge is 0.0553 e. The van der Waals surface area contributed by atoms with Crippen LogP contribution in [0.15, 0.2) is 0 Å². The van der Waals surface area contributed by atoms with E-state index < -0.39 is 0 Å². The van der Waals surface area contributed by atoms with E-state index >= 15 is 0 Å². The van der Waals surface area contributed by atoms with Gasteiger partial charge in [0.05, 0.1) is 6.10 Å². The molecule has 78 valence electrons. The second-order valence-corrected chi connectivity index (χ2v) is 4.07. The van der Waals surface area contributed by atoms with Crippen molar-refractivity contribution in [3.63, 3.8) is 0 Å². The Morgan fingerprint density at radius 3 is 2.69 bits per heavy atom. The number of nitrogens with one attached hydrogen (secondary N) is 1. The molecule has 3 heteroatoms. The largest absolute Gasteiger partial charge is 0.393 e. The molecule has 3 unspecified atom stereocenters. The van der Waals surface area contributed by atoms with Crippen LogP contribution in [-0.4, -0.2) is 48.8 Å². The Bertz CT molecular complexity index is 138. The van der Waals surface area contributed by atoms with Gasteiger partial charge >= 0.3 is 0 Å². The van der Waals surface area contributed by atoms with E-state index in [1.807, 2.05) is 14.0 Å². The molecule has 0 aliphatic carbocycles. The summed E-state index contributed by atoms with van der Waals surface area (Å²) in [6.07, 6.45) is 0.926. The Balaban J connectivity index is 2.49. The van der Waals surface area contributed by atoms with Gasteiger partial charge in [-0.2, -0.15) is 0 Å². The summed E-state index contributed by atoms with van der Waals surface area (Å²) in [5.74, 6) is 0.436. The van der Waals surface area contributed by atoms with Crippen LogP contribution in [0.5, 0.6) is 0 Å². The van der Waals surface area contributed by atoms with Gasteiger partial charge in [0.25, 0.3) is 0 Å². The van der Waals surface area contributed by atoms with E-state index in [1.165, 1.54) is 0 Å². The minimum absolute atomic E-state index is 0.176. The molecule has 0 aromatic heterocycles. The van der Waals surface area contributed by atoms with Gasteiger partial charge < -0.3 is 15.3 Å². The van der Waals surface area contributed by atoms with Crippen LogP contribution in [0.4, 0.5) is 0 Å². The molecule has 0 saturated carbocycles. The maximum Gasteiger partial charge on any atom is 0.0553 e. The third-order valence-corrected chi connectivity index (χ3v) is 3.10. The number of aliphatic hydroxyl groups is 1. The Labute approximate surface area is 81.1 Å². The summed E-state index contributed by atoms with van der Waals surface area (Å²) in [5, 5.41) is 12.8. The summed E-state index contributed by atoms with van der Waals surface area (Å²) in [7, 11) is 2.00. The molecule has 2 N–H and O–H groups in total. The second-order valence-electron chi connectivity index (χ2n) is 4.07. The third-order valence-electron chi connectivity index (χ3n) is 3.10. The fourth-order valence-electron chi connectivity index (χ4n) is 2.05. The second kappa shape index (κ2) is 4.94. The van der Waals surface area contributed by atoms with Crippen molar-refractivity contribution in [1.29, 1.82) is 0 Å². The van der Waals surface area contributed by atoms with Crippen molar-refractivity contribution in [2.24, 2.45) is 5.92 Å². The van der Waals surface area contributed by atoms with E-state index in [2.05, 4.69) is 17.1 Å². The van der Waals surface area contributed by atoms with Crippen LogP contribution < -0.4 is 5.32 Å². The van der Waals surface area contributed by atoms with Crippen LogP contribution in [0.25, 0.3) is 0 Å². The Morgan fingerprint density at radius 2 is 2.23 bits per heavy atom. The Hall–Kier alpha value is -0.120. The van der Waals surface area contributed by atoms with E-state index in [1.54, 1.807) is 0 Å². The zero-order valence-corrected chi connectivity index (χ0v) is 8.95. The maximum atomic E-state index is 9.55. The molecule has 13 heavy (non-hydrogen) atoms. The monoisotopic (exact) mass is 186 g/mol. The standard InChI is InChI=1S/C10H22N2O/c1-4-12-6-9(8(2)13)5-10(7-12)11-3/h8-11,13H,4-7H2,1-3H3. The van der Waals surface area contributed by atoms with Crippen molar-refractivity contribution < 1.29 is 5.11 Å². The maximum absolute atomic E-state index is 9.55. The number of likely N-dealkylation sites (N-methyl/N-ethyl adjacent to an activating group) is 2. The molecule has 0 amide bonds. The minimum atomic E-state index is -0.176. The topological polar surface area (TPSA) is 35.5 Å². The first-order chi connectivity index (χ1) is 6.17. The molecule has 1 saturated heterocycles. The normalized spacial score (nSPS) is 33.2. The Kier molecular flexibility index (Phi) is 4.16. The van der Waals surface area contributed by atoms with E-state index in [-0.39, 0.29) is 6.10 Å². The molecule has 3 nitrogen and oxygen atoms in total. The van der Waals surface area contributed by atoms with Gasteiger partial charge in [-0.15, -0.1) is 0 Å². The molecule has 1 heterocycles. The average molecular weight is 186 g/mol. The average Bonchev–Trinajstić information content (AvgIpc) is 2.16. The lowest BCUT2D eigenvalue weighted by molar-refractivity contribution is 0.0518. The highest BCUT2D eigenvalue weighted by molar-refractivity contribution is 4.84. The van der Waals surface area contributed by atoms with E-state index in [0.29, 0.717) is 12.0 Å². The van der Waals surface area contributed by atoms with Crippen LogP contribution in [0, 0.1) is 5.92 Å². The predicted molar refractivity (Wildman–Crippen MR) is 54.7 cm³/mol. The fourth-order valence-corrected chi connectivity index (χ4v) is 2.05. The van der Waals surface area contributed by atoms with Crippen molar-refractivity contribution in [2.45, 2.75) is 32.4 Å². The summed E-state index contributed by atoms with van der Waals surface area (Å²) in [6, 6.07) is 0.549. The number of nitrogens with zero attached hydrogens (tertiary/aromatic N) is 1. The lowest BCUT2D eigenvalue weighted by Gasteiger charge is -2.38. The van der Waals surface area contributed by atoms with Crippen molar-refractivity contribution in [2.75, 3.05) is 26.7 Å². The highest BCUT2D eigenvalue weighted by atomic mass is 16.3. The molecule has 0 radical (unpaired) electrons. The molecule has 1 aliphatic heterocycles. The van der Waals surface area contributed by atoms with E-state index in [0.717, 1.165) is 26.1 Å². The Morgan fingerprint density at radius 1 is 1.54 bits per heavy atom.